The number of aryl methyl sites for hydroxylation is 1. The minimum atomic E-state index is -0.669. The van der Waals surface area contributed by atoms with Crippen molar-refractivity contribution < 1.29 is 15.0 Å². The molecule has 3 aromatic rings. The number of hydrogen-bond donors (Lipinski definition) is 3. The fraction of sp³-hybridized carbons (Fsp3) is 0.158. The monoisotopic (exact) mass is 350 g/mol. The number of hydrogen-bond acceptors (Lipinski definition) is 6. The van der Waals surface area contributed by atoms with Gasteiger partial charge in [-0.1, -0.05) is 24.3 Å². The van der Waals surface area contributed by atoms with E-state index in [2.05, 4.69) is 20.3 Å². The minimum absolute atomic E-state index is 0.0535. The van der Waals surface area contributed by atoms with Gasteiger partial charge in [0.2, 0.25) is 5.75 Å². The van der Waals surface area contributed by atoms with Gasteiger partial charge in [-0.15, -0.1) is 0 Å². The maximum atomic E-state index is 12.5. The topological polar surface area (TPSA) is 108 Å². The van der Waals surface area contributed by atoms with Crippen molar-refractivity contribution in [1.29, 1.82) is 0 Å². The molecule has 0 fully saturated rings. The Kier molecular flexibility index (Phi) is 4.79. The molecule has 3 rings (SSSR count). The fourth-order valence-electron chi connectivity index (χ4n) is 2.47. The standard InChI is InChI=1S/C19H18N4O3/c1-11-6-5-7-13(12(11)2)10-21-18(25)15-16(24)19(26)23-17(22-15)14-8-3-4-9-20-14/h3-9,24H,10H2,1-2H3,(H,21,25)(H,22,23,26). The number of rotatable bonds is 4. The van der Waals surface area contributed by atoms with E-state index in [0.717, 1.165) is 16.7 Å². The third kappa shape index (κ3) is 3.46. The van der Waals surface area contributed by atoms with Gasteiger partial charge >= 0.3 is 0 Å². The van der Waals surface area contributed by atoms with E-state index in [9.17, 15) is 15.0 Å². The molecule has 0 atom stereocenters. The molecule has 0 saturated heterocycles. The molecule has 2 heterocycles. The van der Waals surface area contributed by atoms with Crippen LogP contribution < -0.4 is 5.32 Å². The van der Waals surface area contributed by atoms with E-state index in [-0.39, 0.29) is 18.1 Å². The van der Waals surface area contributed by atoms with Crippen LogP contribution in [0.4, 0.5) is 0 Å². The van der Waals surface area contributed by atoms with Gasteiger partial charge in [0.25, 0.3) is 11.8 Å². The van der Waals surface area contributed by atoms with Crippen molar-refractivity contribution in [2.24, 2.45) is 0 Å². The Bertz CT molecular complexity index is 958. The van der Waals surface area contributed by atoms with E-state index in [1.165, 1.54) is 0 Å². The van der Waals surface area contributed by atoms with Crippen LogP contribution >= 0.6 is 0 Å². The van der Waals surface area contributed by atoms with Crippen molar-refractivity contribution in [2.45, 2.75) is 20.4 Å². The highest BCUT2D eigenvalue weighted by Gasteiger charge is 2.20. The zero-order chi connectivity index (χ0) is 18.7. The number of aromatic nitrogens is 3. The van der Waals surface area contributed by atoms with Gasteiger partial charge in [0.15, 0.2) is 11.5 Å². The molecule has 0 aliphatic carbocycles. The summed E-state index contributed by atoms with van der Waals surface area (Å²) in [4.78, 5) is 24.4. The summed E-state index contributed by atoms with van der Waals surface area (Å²) in [5.74, 6) is -1.89. The molecule has 0 aliphatic heterocycles. The molecule has 7 heteroatoms. The number of nitrogens with zero attached hydrogens (tertiary/aromatic N) is 3. The first-order chi connectivity index (χ1) is 12.5. The molecule has 132 valence electrons. The molecule has 0 unspecified atom stereocenters. The van der Waals surface area contributed by atoms with E-state index in [4.69, 9.17) is 0 Å². The van der Waals surface area contributed by atoms with Crippen LogP contribution in [0, 0.1) is 13.8 Å². The fourth-order valence-corrected chi connectivity index (χ4v) is 2.47. The SMILES string of the molecule is Cc1cccc(CNC(=O)c2nc(-c3ccccn3)nc(O)c2O)c1C. The van der Waals surface area contributed by atoms with Crippen molar-refractivity contribution in [3.8, 4) is 23.1 Å². The van der Waals surface area contributed by atoms with Gasteiger partial charge in [-0.25, -0.2) is 4.98 Å². The lowest BCUT2D eigenvalue weighted by Gasteiger charge is -2.11. The van der Waals surface area contributed by atoms with E-state index in [1.807, 2.05) is 32.0 Å². The summed E-state index contributed by atoms with van der Waals surface area (Å²) in [5.41, 5.74) is 3.24. The average Bonchev–Trinajstić information content (AvgIpc) is 2.65. The van der Waals surface area contributed by atoms with Crippen molar-refractivity contribution in [2.75, 3.05) is 0 Å². The lowest BCUT2D eigenvalue weighted by molar-refractivity contribution is 0.0942. The van der Waals surface area contributed by atoms with Gasteiger partial charge in [-0.3, -0.25) is 9.78 Å². The van der Waals surface area contributed by atoms with Gasteiger partial charge in [-0.05, 0) is 42.7 Å². The predicted octanol–water partition coefficient (Wildman–Crippen LogP) is 2.50. The molecule has 26 heavy (non-hydrogen) atoms. The van der Waals surface area contributed by atoms with E-state index in [1.54, 1.807) is 24.4 Å². The van der Waals surface area contributed by atoms with E-state index >= 15 is 0 Å². The first-order valence-corrected chi connectivity index (χ1v) is 8.02. The minimum Gasteiger partial charge on any atom is -0.501 e. The van der Waals surface area contributed by atoms with Crippen molar-refractivity contribution >= 4 is 5.91 Å². The molecule has 1 aromatic carbocycles. The summed E-state index contributed by atoms with van der Waals surface area (Å²) in [6, 6.07) is 10.9. The maximum absolute atomic E-state index is 12.5. The molecule has 1 amide bonds. The zero-order valence-corrected chi connectivity index (χ0v) is 14.4. The zero-order valence-electron chi connectivity index (χ0n) is 14.4. The third-order valence-corrected chi connectivity index (χ3v) is 4.13. The Hall–Kier alpha value is -3.48. The number of carbonyl (C=O) groups excluding carboxylic acids is 1. The maximum Gasteiger partial charge on any atom is 0.274 e. The first kappa shape index (κ1) is 17.3. The second-order valence-corrected chi connectivity index (χ2v) is 5.82. The number of pyridine rings is 1. The van der Waals surface area contributed by atoms with Crippen LogP contribution in [0.1, 0.15) is 27.2 Å². The number of nitrogens with one attached hydrogen (secondary N) is 1. The third-order valence-electron chi connectivity index (χ3n) is 4.13. The molecule has 0 spiro atoms. The molecular weight excluding hydrogens is 332 g/mol. The van der Waals surface area contributed by atoms with Gasteiger partial charge < -0.3 is 15.5 Å². The quantitative estimate of drug-likeness (QED) is 0.667. The van der Waals surface area contributed by atoms with E-state index < -0.39 is 17.5 Å². The lowest BCUT2D eigenvalue weighted by Crippen LogP contribution is -2.24. The Balaban J connectivity index is 1.87. The second-order valence-electron chi connectivity index (χ2n) is 5.82. The normalized spacial score (nSPS) is 10.5. The van der Waals surface area contributed by atoms with Gasteiger partial charge in [-0.2, -0.15) is 4.98 Å². The molecule has 0 radical (unpaired) electrons. The summed E-state index contributed by atoms with van der Waals surface area (Å²) in [6.45, 7) is 4.24. The molecule has 7 nitrogen and oxygen atoms in total. The second kappa shape index (κ2) is 7.18. The number of benzene rings is 1. The van der Waals surface area contributed by atoms with Crippen LogP contribution in [-0.2, 0) is 6.54 Å². The van der Waals surface area contributed by atoms with Gasteiger partial charge in [0.05, 0.1) is 0 Å². The molecule has 2 aromatic heterocycles. The summed E-state index contributed by atoms with van der Waals surface area (Å²) >= 11 is 0. The largest absolute Gasteiger partial charge is 0.501 e. The van der Waals surface area contributed by atoms with Crippen LogP contribution in [0.15, 0.2) is 42.6 Å². The van der Waals surface area contributed by atoms with Gasteiger partial charge in [0, 0.05) is 12.7 Å². The summed E-state index contributed by atoms with van der Waals surface area (Å²) < 4.78 is 0. The summed E-state index contributed by atoms with van der Waals surface area (Å²) in [7, 11) is 0. The first-order valence-electron chi connectivity index (χ1n) is 8.02. The van der Waals surface area contributed by atoms with Crippen molar-refractivity contribution in [1.82, 2.24) is 20.3 Å². The highest BCUT2D eigenvalue weighted by Crippen LogP contribution is 2.28. The number of carbonyl (C=O) groups is 1. The highest BCUT2D eigenvalue weighted by molar-refractivity contribution is 5.95. The average molecular weight is 350 g/mol. The molecule has 0 saturated carbocycles. The Morgan fingerprint density at radius 1 is 1.08 bits per heavy atom. The summed E-state index contributed by atoms with van der Waals surface area (Å²) in [6.07, 6.45) is 1.54. The Morgan fingerprint density at radius 3 is 2.62 bits per heavy atom. The highest BCUT2D eigenvalue weighted by atomic mass is 16.3. The summed E-state index contributed by atoms with van der Waals surface area (Å²) in [5, 5.41) is 22.5. The van der Waals surface area contributed by atoms with E-state index in [0.29, 0.717) is 5.69 Å². The van der Waals surface area contributed by atoms with Crippen LogP contribution in [0.2, 0.25) is 0 Å². The lowest BCUT2D eigenvalue weighted by atomic mass is 10.0. The molecule has 0 aliphatic rings. The Morgan fingerprint density at radius 2 is 1.88 bits per heavy atom. The van der Waals surface area contributed by atoms with Crippen LogP contribution in [-0.4, -0.2) is 31.1 Å². The van der Waals surface area contributed by atoms with Crippen molar-refractivity contribution in [3.05, 3.63) is 65.0 Å². The van der Waals surface area contributed by atoms with Crippen LogP contribution in [0.3, 0.4) is 0 Å². The van der Waals surface area contributed by atoms with Crippen LogP contribution in [0.25, 0.3) is 11.5 Å². The smallest absolute Gasteiger partial charge is 0.274 e. The number of aromatic hydroxyl groups is 2. The van der Waals surface area contributed by atoms with Crippen LogP contribution in [0.5, 0.6) is 11.6 Å². The molecular formula is C19H18N4O3. The molecule has 0 bridgehead atoms. The molecule has 3 N–H and O–H groups in total. The predicted molar refractivity (Wildman–Crippen MR) is 95.7 cm³/mol. The number of amides is 1. The van der Waals surface area contributed by atoms with Crippen molar-refractivity contribution in [3.63, 3.8) is 0 Å². The Labute approximate surface area is 150 Å². The van der Waals surface area contributed by atoms with Gasteiger partial charge in [0.1, 0.15) is 5.69 Å².